The molecular weight excluding hydrogens is 338 g/mol. The second kappa shape index (κ2) is 7.05. The van der Waals surface area contributed by atoms with Crippen molar-refractivity contribution >= 4 is 0 Å². The van der Waals surface area contributed by atoms with E-state index in [2.05, 4.69) is 11.9 Å². The molecule has 0 bridgehead atoms. The summed E-state index contributed by atoms with van der Waals surface area (Å²) in [6.45, 7) is 2.70. The summed E-state index contributed by atoms with van der Waals surface area (Å²) in [7, 11) is 1.64. The van der Waals surface area contributed by atoms with E-state index in [-0.39, 0.29) is 5.92 Å². The first kappa shape index (κ1) is 17.6. The van der Waals surface area contributed by atoms with Crippen LogP contribution in [-0.4, -0.2) is 23.8 Å². The summed E-state index contributed by atoms with van der Waals surface area (Å²) in [5.41, 5.74) is 2.59. The van der Waals surface area contributed by atoms with Crippen LogP contribution in [0, 0.1) is 0 Å². The Bertz CT molecular complexity index is 927. The molecule has 138 valence electrons. The number of pyridine rings is 1. The summed E-state index contributed by atoms with van der Waals surface area (Å²) in [5.74, 6) is 1.63. The van der Waals surface area contributed by atoms with Gasteiger partial charge < -0.3 is 14.6 Å². The smallest absolute Gasteiger partial charge is 0.165 e. The first-order valence-electron chi connectivity index (χ1n) is 9.14. The van der Waals surface area contributed by atoms with Gasteiger partial charge in [-0.15, -0.1) is 0 Å². The van der Waals surface area contributed by atoms with Crippen LogP contribution in [0.4, 0.5) is 0 Å². The van der Waals surface area contributed by atoms with E-state index in [1.165, 1.54) is 0 Å². The maximum absolute atomic E-state index is 12.0. The lowest BCUT2D eigenvalue weighted by atomic mass is 9.77. The standard InChI is InChI=1S/C23H23NO3/c1-16-15-27-22-20(26-2)9-8-19(21(16)22)23(25,18-6-4-3-5-7-18)14-17-10-12-24-13-11-17/h3-13,16,25H,14-15H2,1-2H3. The number of hydrogen-bond acceptors (Lipinski definition) is 4. The van der Waals surface area contributed by atoms with Crippen LogP contribution in [0.25, 0.3) is 0 Å². The van der Waals surface area contributed by atoms with Crippen LogP contribution in [0.5, 0.6) is 11.5 Å². The number of aromatic nitrogens is 1. The molecule has 0 saturated carbocycles. The van der Waals surface area contributed by atoms with Crippen molar-refractivity contribution in [2.24, 2.45) is 0 Å². The van der Waals surface area contributed by atoms with Crippen molar-refractivity contribution in [3.05, 3.63) is 89.2 Å². The van der Waals surface area contributed by atoms with E-state index < -0.39 is 5.60 Å². The lowest BCUT2D eigenvalue weighted by Crippen LogP contribution is -2.31. The molecule has 1 N–H and O–H groups in total. The van der Waals surface area contributed by atoms with Crippen molar-refractivity contribution in [1.29, 1.82) is 0 Å². The third kappa shape index (κ3) is 3.06. The Morgan fingerprint density at radius 1 is 1.11 bits per heavy atom. The fourth-order valence-corrected chi connectivity index (χ4v) is 3.89. The van der Waals surface area contributed by atoms with Gasteiger partial charge in [0.2, 0.25) is 0 Å². The van der Waals surface area contributed by atoms with E-state index in [9.17, 15) is 5.11 Å². The van der Waals surface area contributed by atoms with Gasteiger partial charge in [-0.05, 0) is 34.9 Å². The van der Waals surface area contributed by atoms with Crippen LogP contribution in [0.3, 0.4) is 0 Å². The van der Waals surface area contributed by atoms with Gasteiger partial charge in [0.1, 0.15) is 5.60 Å². The average Bonchev–Trinajstić information content (AvgIpc) is 3.10. The lowest BCUT2D eigenvalue weighted by Gasteiger charge is -2.32. The second-order valence-corrected chi connectivity index (χ2v) is 7.03. The Morgan fingerprint density at radius 3 is 2.56 bits per heavy atom. The fraction of sp³-hybridized carbons (Fsp3) is 0.261. The first-order chi connectivity index (χ1) is 13.1. The molecule has 4 heteroatoms. The minimum Gasteiger partial charge on any atom is -0.493 e. The molecule has 0 fully saturated rings. The molecule has 0 amide bonds. The van der Waals surface area contributed by atoms with Gasteiger partial charge in [-0.1, -0.05) is 43.3 Å². The summed E-state index contributed by atoms with van der Waals surface area (Å²) in [6, 6.07) is 17.5. The highest BCUT2D eigenvalue weighted by atomic mass is 16.5. The Hall–Kier alpha value is -2.85. The fourth-order valence-electron chi connectivity index (χ4n) is 3.89. The number of rotatable bonds is 5. The minimum absolute atomic E-state index is 0.178. The molecule has 4 nitrogen and oxygen atoms in total. The van der Waals surface area contributed by atoms with E-state index >= 15 is 0 Å². The third-order valence-electron chi connectivity index (χ3n) is 5.26. The van der Waals surface area contributed by atoms with Crippen molar-refractivity contribution in [3.63, 3.8) is 0 Å². The highest BCUT2D eigenvalue weighted by Gasteiger charge is 2.39. The quantitative estimate of drug-likeness (QED) is 0.744. The molecule has 1 aliphatic heterocycles. The van der Waals surface area contributed by atoms with E-state index in [1.807, 2.05) is 54.6 Å². The lowest BCUT2D eigenvalue weighted by molar-refractivity contribution is 0.0799. The maximum Gasteiger partial charge on any atom is 0.165 e. The van der Waals surface area contributed by atoms with Crippen molar-refractivity contribution in [1.82, 2.24) is 4.98 Å². The number of methoxy groups -OCH3 is 1. The van der Waals surface area contributed by atoms with E-state index in [0.717, 1.165) is 28.0 Å². The maximum atomic E-state index is 12.0. The van der Waals surface area contributed by atoms with Crippen molar-refractivity contribution in [3.8, 4) is 11.5 Å². The normalized spacial score (nSPS) is 17.7. The van der Waals surface area contributed by atoms with Crippen LogP contribution in [0.2, 0.25) is 0 Å². The van der Waals surface area contributed by atoms with Crippen molar-refractivity contribution in [2.45, 2.75) is 24.9 Å². The van der Waals surface area contributed by atoms with Crippen LogP contribution < -0.4 is 9.47 Å². The molecule has 3 aromatic rings. The summed E-state index contributed by atoms with van der Waals surface area (Å²) < 4.78 is 11.4. The van der Waals surface area contributed by atoms with E-state index in [0.29, 0.717) is 18.8 Å². The number of benzene rings is 2. The molecule has 0 aliphatic carbocycles. The minimum atomic E-state index is -1.18. The van der Waals surface area contributed by atoms with Crippen LogP contribution in [0.1, 0.15) is 35.1 Å². The molecule has 0 saturated heterocycles. The third-order valence-corrected chi connectivity index (χ3v) is 5.26. The largest absolute Gasteiger partial charge is 0.493 e. The van der Waals surface area contributed by atoms with Gasteiger partial charge >= 0.3 is 0 Å². The Morgan fingerprint density at radius 2 is 1.85 bits per heavy atom. The molecule has 2 heterocycles. The zero-order valence-electron chi connectivity index (χ0n) is 15.6. The van der Waals surface area contributed by atoms with E-state index in [4.69, 9.17) is 9.47 Å². The molecule has 2 unspecified atom stereocenters. The summed E-state index contributed by atoms with van der Waals surface area (Å²) in [6.07, 6.45) is 3.96. The molecule has 27 heavy (non-hydrogen) atoms. The molecule has 4 rings (SSSR count). The highest BCUT2D eigenvalue weighted by Crippen LogP contribution is 2.48. The predicted molar refractivity (Wildman–Crippen MR) is 104 cm³/mol. The molecule has 2 aromatic carbocycles. The molecule has 2 atom stereocenters. The van der Waals surface area contributed by atoms with Gasteiger partial charge in [-0.3, -0.25) is 4.98 Å². The van der Waals surface area contributed by atoms with Crippen molar-refractivity contribution < 1.29 is 14.6 Å². The Balaban J connectivity index is 1.92. The van der Waals surface area contributed by atoms with E-state index in [1.54, 1.807) is 19.5 Å². The summed E-state index contributed by atoms with van der Waals surface area (Å²) in [5, 5.41) is 12.0. The van der Waals surface area contributed by atoms with Crippen LogP contribution >= 0.6 is 0 Å². The van der Waals surface area contributed by atoms with Gasteiger partial charge in [-0.2, -0.15) is 0 Å². The molecular formula is C23H23NO3. The molecule has 0 spiro atoms. The summed E-state index contributed by atoms with van der Waals surface area (Å²) >= 11 is 0. The number of hydrogen-bond donors (Lipinski definition) is 1. The first-order valence-corrected chi connectivity index (χ1v) is 9.14. The zero-order valence-corrected chi connectivity index (χ0v) is 15.6. The second-order valence-electron chi connectivity index (χ2n) is 7.03. The van der Waals surface area contributed by atoms with Crippen molar-refractivity contribution in [2.75, 3.05) is 13.7 Å². The number of fused-ring (bicyclic) bond motifs is 1. The highest BCUT2D eigenvalue weighted by molar-refractivity contribution is 5.58. The number of nitrogens with zero attached hydrogens (tertiary/aromatic N) is 1. The Labute approximate surface area is 159 Å². The predicted octanol–water partition coefficient (Wildman–Crippen LogP) is 4.06. The topological polar surface area (TPSA) is 51.6 Å². The van der Waals surface area contributed by atoms with Gasteiger partial charge in [0.15, 0.2) is 11.5 Å². The number of ether oxygens (including phenoxy) is 2. The number of aliphatic hydroxyl groups is 1. The summed E-state index contributed by atoms with van der Waals surface area (Å²) in [4.78, 5) is 4.10. The van der Waals surface area contributed by atoms with Gasteiger partial charge in [0.05, 0.1) is 13.7 Å². The SMILES string of the molecule is COc1ccc(C(O)(Cc2ccncc2)c2ccccc2)c2c1OCC2C. The Kier molecular flexibility index (Phi) is 4.58. The van der Waals surface area contributed by atoms with Gasteiger partial charge in [0.25, 0.3) is 0 Å². The van der Waals surface area contributed by atoms with Crippen LogP contribution in [-0.2, 0) is 12.0 Å². The zero-order chi connectivity index (χ0) is 18.9. The van der Waals surface area contributed by atoms with Gasteiger partial charge in [0, 0.05) is 30.3 Å². The molecule has 0 radical (unpaired) electrons. The molecule has 1 aliphatic rings. The molecule has 1 aromatic heterocycles. The average molecular weight is 361 g/mol. The van der Waals surface area contributed by atoms with Crippen LogP contribution in [0.15, 0.2) is 67.0 Å². The monoisotopic (exact) mass is 361 g/mol. The van der Waals surface area contributed by atoms with Gasteiger partial charge in [-0.25, -0.2) is 0 Å².